The van der Waals surface area contributed by atoms with Gasteiger partial charge in [0, 0.05) is 18.9 Å². The van der Waals surface area contributed by atoms with Gasteiger partial charge in [-0.3, -0.25) is 0 Å². The molecule has 0 saturated heterocycles. The van der Waals surface area contributed by atoms with E-state index in [4.69, 9.17) is 4.74 Å². The number of thiazole rings is 1. The van der Waals surface area contributed by atoms with Crippen molar-refractivity contribution in [1.82, 2.24) is 4.98 Å². The van der Waals surface area contributed by atoms with Gasteiger partial charge in [0.05, 0.1) is 5.51 Å². The van der Waals surface area contributed by atoms with Crippen LogP contribution in [0.2, 0.25) is 0 Å². The number of nitrogens with zero attached hydrogens (tertiary/aromatic N) is 1. The minimum atomic E-state index is -0.714. The Labute approximate surface area is 77.0 Å². The first kappa shape index (κ1) is 9.78. The average molecular weight is 204 g/mol. The molecule has 1 heterocycles. The monoisotopic (exact) mass is 204 g/mol. The first-order valence-corrected chi connectivity index (χ1v) is 5.50. The molecule has 12 heavy (non-hydrogen) atoms. The van der Waals surface area contributed by atoms with E-state index >= 15 is 0 Å². The highest BCUT2D eigenvalue weighted by atomic mass is 32.1. The van der Waals surface area contributed by atoms with Gasteiger partial charge in [0.1, 0.15) is 5.69 Å². The van der Waals surface area contributed by atoms with Crippen LogP contribution in [0.3, 0.4) is 0 Å². The van der Waals surface area contributed by atoms with Crippen LogP contribution in [0.15, 0.2) is 10.9 Å². The fourth-order valence-corrected chi connectivity index (χ4v) is 2.09. The third-order valence-corrected chi connectivity index (χ3v) is 2.93. The number of aromatic nitrogens is 1. The second-order valence-corrected chi connectivity index (χ2v) is 4.32. The molecule has 0 radical (unpaired) electrons. The standard InChI is InChI=1S/C7H10NO2PS/c1-3-10-7(2,11-9)6-4-12-5-8-6/h4-5H,3H2,1-2H3/p+1. The van der Waals surface area contributed by atoms with E-state index in [1.807, 2.05) is 12.3 Å². The summed E-state index contributed by atoms with van der Waals surface area (Å²) in [7, 11) is -0.525. The van der Waals surface area contributed by atoms with E-state index in [2.05, 4.69) is 4.98 Å². The van der Waals surface area contributed by atoms with Crippen molar-refractivity contribution in [2.75, 3.05) is 6.61 Å². The van der Waals surface area contributed by atoms with Gasteiger partial charge in [0.2, 0.25) is 0 Å². The summed E-state index contributed by atoms with van der Waals surface area (Å²) in [5.41, 5.74) is 2.47. The molecule has 5 heteroatoms. The first-order chi connectivity index (χ1) is 5.73. The highest BCUT2D eigenvalue weighted by Gasteiger charge is 2.38. The molecule has 0 fully saturated rings. The summed E-state index contributed by atoms with van der Waals surface area (Å²) >= 11 is 1.48. The van der Waals surface area contributed by atoms with Gasteiger partial charge < -0.3 is 4.74 Å². The average Bonchev–Trinajstić information content (AvgIpc) is 2.57. The van der Waals surface area contributed by atoms with Crippen LogP contribution in [0.5, 0.6) is 0 Å². The molecular formula is C7H11NO2PS+. The fraction of sp³-hybridized carbons (Fsp3) is 0.571. The predicted octanol–water partition coefficient (Wildman–Crippen LogP) is 2.38. The lowest BCUT2D eigenvalue weighted by Crippen LogP contribution is -2.18. The van der Waals surface area contributed by atoms with Crippen LogP contribution in [0.4, 0.5) is 0 Å². The van der Waals surface area contributed by atoms with E-state index in [-0.39, 0.29) is 0 Å². The summed E-state index contributed by atoms with van der Waals surface area (Å²) in [5.74, 6) is 0. The highest BCUT2D eigenvalue weighted by molar-refractivity contribution is 7.25. The third-order valence-electron chi connectivity index (χ3n) is 1.55. The van der Waals surface area contributed by atoms with Crippen molar-refractivity contribution in [3.8, 4) is 0 Å². The van der Waals surface area contributed by atoms with Gasteiger partial charge >= 0.3 is 13.8 Å². The second kappa shape index (κ2) is 4.08. The molecule has 3 nitrogen and oxygen atoms in total. The van der Waals surface area contributed by atoms with Crippen LogP contribution >= 0.6 is 19.8 Å². The van der Waals surface area contributed by atoms with Crippen molar-refractivity contribution >= 4 is 19.8 Å². The molecule has 1 aromatic heterocycles. The van der Waals surface area contributed by atoms with Crippen molar-refractivity contribution in [2.24, 2.45) is 0 Å². The summed E-state index contributed by atoms with van der Waals surface area (Å²) in [6.07, 6.45) is 0. The molecule has 66 valence electrons. The van der Waals surface area contributed by atoms with Gasteiger partial charge in [-0.05, 0) is 6.92 Å². The molecule has 1 rings (SSSR count). The molecule has 2 atom stereocenters. The Bertz CT molecular complexity index is 252. The maximum absolute atomic E-state index is 10.9. The summed E-state index contributed by atoms with van der Waals surface area (Å²) < 4.78 is 16.3. The molecule has 0 aliphatic heterocycles. The fourth-order valence-electron chi connectivity index (χ4n) is 0.893. The van der Waals surface area contributed by atoms with Gasteiger partial charge in [-0.2, -0.15) is 0 Å². The molecule has 0 aromatic carbocycles. The minimum absolute atomic E-state index is 0.525. The lowest BCUT2D eigenvalue weighted by atomic mass is 10.3. The predicted molar refractivity (Wildman–Crippen MR) is 50.1 cm³/mol. The Morgan fingerprint density at radius 2 is 2.58 bits per heavy atom. The molecule has 0 saturated carbocycles. The molecule has 0 bridgehead atoms. The van der Waals surface area contributed by atoms with Crippen molar-refractivity contribution < 1.29 is 9.30 Å². The molecule has 0 aliphatic rings. The maximum atomic E-state index is 10.9. The Kier molecular flexibility index (Phi) is 3.32. The highest BCUT2D eigenvalue weighted by Crippen LogP contribution is 2.35. The maximum Gasteiger partial charge on any atom is 0.366 e. The van der Waals surface area contributed by atoms with Gasteiger partial charge in [-0.1, -0.05) is 4.57 Å². The van der Waals surface area contributed by atoms with Crippen molar-refractivity contribution in [3.63, 3.8) is 0 Å². The molecule has 0 amide bonds. The summed E-state index contributed by atoms with van der Waals surface area (Å²) in [5, 5.41) is 1.15. The zero-order valence-electron chi connectivity index (χ0n) is 7.03. The number of hydrogen-bond donors (Lipinski definition) is 0. The topological polar surface area (TPSA) is 39.2 Å². The number of rotatable bonds is 4. The third kappa shape index (κ3) is 1.89. The van der Waals surface area contributed by atoms with E-state index in [0.29, 0.717) is 6.61 Å². The smallest absolute Gasteiger partial charge is 0.328 e. The second-order valence-electron chi connectivity index (χ2n) is 2.44. The van der Waals surface area contributed by atoms with Crippen LogP contribution in [-0.2, 0) is 14.6 Å². The summed E-state index contributed by atoms with van der Waals surface area (Å²) in [6, 6.07) is 0. The van der Waals surface area contributed by atoms with E-state index in [1.54, 1.807) is 12.4 Å². The minimum Gasteiger partial charge on any atom is -0.328 e. The zero-order valence-corrected chi connectivity index (χ0v) is 8.85. The molecule has 2 unspecified atom stereocenters. The molecule has 1 aromatic rings. The Morgan fingerprint density at radius 3 is 3.00 bits per heavy atom. The van der Waals surface area contributed by atoms with E-state index in [1.165, 1.54) is 11.3 Å². The lowest BCUT2D eigenvalue weighted by molar-refractivity contribution is 0.0385. The largest absolute Gasteiger partial charge is 0.366 e. The number of hydrogen-bond acceptors (Lipinski definition) is 4. The van der Waals surface area contributed by atoms with Gasteiger partial charge in [0.25, 0.3) is 0 Å². The Hall–Kier alpha value is -0.310. The van der Waals surface area contributed by atoms with Crippen LogP contribution < -0.4 is 0 Å². The quantitative estimate of drug-likeness (QED) is 0.707. The lowest BCUT2D eigenvalue weighted by Gasteiger charge is -2.12. The van der Waals surface area contributed by atoms with Crippen molar-refractivity contribution in [2.45, 2.75) is 19.2 Å². The normalized spacial score (nSPS) is 16.2. The zero-order chi connectivity index (χ0) is 9.03. The van der Waals surface area contributed by atoms with Crippen LogP contribution in [0, 0.1) is 0 Å². The number of ether oxygens (including phenoxy) is 1. The van der Waals surface area contributed by atoms with Gasteiger partial charge in [0.15, 0.2) is 0 Å². The van der Waals surface area contributed by atoms with Gasteiger partial charge in [-0.15, -0.1) is 11.3 Å². The van der Waals surface area contributed by atoms with Crippen molar-refractivity contribution in [3.05, 3.63) is 16.6 Å². The van der Waals surface area contributed by atoms with Crippen LogP contribution in [0.25, 0.3) is 0 Å². The van der Waals surface area contributed by atoms with E-state index in [0.717, 1.165) is 5.69 Å². The van der Waals surface area contributed by atoms with Crippen LogP contribution in [-0.4, -0.2) is 11.6 Å². The summed E-state index contributed by atoms with van der Waals surface area (Å²) in [4.78, 5) is 4.08. The Morgan fingerprint density at radius 1 is 1.83 bits per heavy atom. The van der Waals surface area contributed by atoms with Crippen LogP contribution in [0.1, 0.15) is 19.5 Å². The SMILES string of the molecule is CCOC(C)([PH+]=O)c1cscn1. The van der Waals surface area contributed by atoms with Gasteiger partial charge in [-0.25, -0.2) is 4.98 Å². The molecule has 0 spiro atoms. The molecule has 0 aliphatic carbocycles. The van der Waals surface area contributed by atoms with E-state index in [9.17, 15) is 4.57 Å². The molecular weight excluding hydrogens is 193 g/mol. The Balaban J connectivity index is 2.87. The molecule has 0 N–H and O–H groups in total. The van der Waals surface area contributed by atoms with E-state index < -0.39 is 13.8 Å². The summed E-state index contributed by atoms with van der Waals surface area (Å²) in [6.45, 7) is 4.21. The van der Waals surface area contributed by atoms with Crippen molar-refractivity contribution in [1.29, 1.82) is 0 Å². The first-order valence-electron chi connectivity index (χ1n) is 3.65.